The summed E-state index contributed by atoms with van der Waals surface area (Å²) in [6.07, 6.45) is 2.06. The molecule has 2 atom stereocenters. The van der Waals surface area contributed by atoms with E-state index < -0.39 is 11.6 Å². The zero-order valence-electron chi connectivity index (χ0n) is 16.8. The maximum absolute atomic E-state index is 13.7. The molecule has 0 radical (unpaired) electrons. The van der Waals surface area contributed by atoms with E-state index in [4.69, 9.17) is 0 Å². The van der Waals surface area contributed by atoms with Crippen molar-refractivity contribution in [2.45, 2.75) is 11.5 Å². The molecule has 5 rings (SSSR count). The van der Waals surface area contributed by atoms with Gasteiger partial charge in [-0.2, -0.15) is 5.26 Å². The molecule has 2 saturated heterocycles. The third kappa shape index (κ3) is 2.47. The van der Waals surface area contributed by atoms with Crippen LogP contribution in [0.3, 0.4) is 0 Å². The van der Waals surface area contributed by atoms with Gasteiger partial charge < -0.3 is 14.8 Å². The largest absolute Gasteiger partial charge is 0.350 e. The molecule has 0 unspecified atom stereocenters. The van der Waals surface area contributed by atoms with Crippen LogP contribution in [0.25, 0.3) is 10.9 Å². The van der Waals surface area contributed by atoms with Crippen LogP contribution in [0.4, 0.5) is 10.5 Å². The summed E-state index contributed by atoms with van der Waals surface area (Å²) in [5.74, 6) is -0.459. The zero-order valence-corrected chi connectivity index (χ0v) is 16.8. The normalized spacial score (nSPS) is 24.0. The average molecular weight is 399 g/mol. The Labute approximate surface area is 174 Å². The Morgan fingerprint density at radius 3 is 2.73 bits per heavy atom. The minimum atomic E-state index is -1.04. The van der Waals surface area contributed by atoms with Gasteiger partial charge in [-0.3, -0.25) is 4.79 Å². The van der Waals surface area contributed by atoms with Crippen molar-refractivity contribution in [3.8, 4) is 6.07 Å². The number of benzene rings is 2. The van der Waals surface area contributed by atoms with E-state index in [9.17, 15) is 14.9 Å². The molecular formula is C23H21N5O2. The third-order valence-corrected chi connectivity index (χ3v) is 6.26. The molecule has 7 heteroatoms. The first-order valence-electron chi connectivity index (χ1n) is 9.84. The van der Waals surface area contributed by atoms with E-state index in [1.54, 1.807) is 24.3 Å². The molecule has 2 aliphatic heterocycles. The van der Waals surface area contributed by atoms with Gasteiger partial charge in [0.05, 0.1) is 17.3 Å². The van der Waals surface area contributed by atoms with Gasteiger partial charge in [0.2, 0.25) is 0 Å². The van der Waals surface area contributed by atoms with Crippen LogP contribution in [-0.4, -0.2) is 47.1 Å². The lowest BCUT2D eigenvalue weighted by Crippen LogP contribution is -2.52. The lowest BCUT2D eigenvalue weighted by atomic mass is 9.81. The SMILES string of the molecule is CN1C[C@H](c2cn(C)c3ccccc23)[C@]2(C1)NC(=O)N(c1cccc(C#N)c1)C2=O. The predicted molar refractivity (Wildman–Crippen MR) is 113 cm³/mol. The molecule has 1 aromatic heterocycles. The summed E-state index contributed by atoms with van der Waals surface area (Å²) in [6, 6.07) is 16.3. The number of carbonyl (C=O) groups is 2. The number of nitrogens with zero attached hydrogens (tertiary/aromatic N) is 4. The van der Waals surface area contributed by atoms with Crippen molar-refractivity contribution in [3.05, 3.63) is 65.9 Å². The molecule has 2 fully saturated rings. The number of para-hydroxylation sites is 1. The van der Waals surface area contributed by atoms with Crippen molar-refractivity contribution >= 4 is 28.5 Å². The smallest absolute Gasteiger partial charge is 0.329 e. The topological polar surface area (TPSA) is 81.4 Å². The number of amides is 3. The second-order valence-corrected chi connectivity index (χ2v) is 8.17. The highest BCUT2D eigenvalue weighted by Gasteiger charge is 2.60. The highest BCUT2D eigenvalue weighted by Crippen LogP contribution is 2.43. The average Bonchev–Trinajstić information content (AvgIpc) is 3.33. The van der Waals surface area contributed by atoms with Gasteiger partial charge in [0.25, 0.3) is 5.91 Å². The van der Waals surface area contributed by atoms with Crippen molar-refractivity contribution < 1.29 is 9.59 Å². The highest BCUT2D eigenvalue weighted by molar-refractivity contribution is 6.24. The summed E-state index contributed by atoms with van der Waals surface area (Å²) in [6.45, 7) is 1.09. The monoisotopic (exact) mass is 399 g/mol. The van der Waals surface area contributed by atoms with Crippen molar-refractivity contribution in [1.82, 2.24) is 14.8 Å². The number of likely N-dealkylation sites (tertiary alicyclic amines) is 1. The summed E-state index contributed by atoms with van der Waals surface area (Å²) in [4.78, 5) is 30.0. The Morgan fingerprint density at radius 1 is 1.13 bits per heavy atom. The third-order valence-electron chi connectivity index (χ3n) is 6.26. The number of fused-ring (bicyclic) bond motifs is 1. The molecule has 1 N–H and O–H groups in total. The zero-order chi connectivity index (χ0) is 21.0. The Morgan fingerprint density at radius 2 is 1.93 bits per heavy atom. The van der Waals surface area contributed by atoms with Gasteiger partial charge in [0.1, 0.15) is 5.54 Å². The van der Waals surface area contributed by atoms with E-state index in [2.05, 4.69) is 39.2 Å². The number of hydrogen-bond acceptors (Lipinski definition) is 4. The number of likely N-dealkylation sites (N-methyl/N-ethyl adjacent to an activating group) is 1. The number of imide groups is 1. The van der Waals surface area contributed by atoms with Crippen molar-refractivity contribution in [3.63, 3.8) is 0 Å². The molecule has 3 heterocycles. The van der Waals surface area contributed by atoms with E-state index in [0.29, 0.717) is 24.3 Å². The van der Waals surface area contributed by atoms with Crippen LogP contribution in [0.2, 0.25) is 0 Å². The van der Waals surface area contributed by atoms with Crippen LogP contribution in [0.15, 0.2) is 54.7 Å². The van der Waals surface area contributed by atoms with E-state index in [-0.39, 0.29) is 11.8 Å². The highest BCUT2D eigenvalue weighted by atomic mass is 16.2. The summed E-state index contributed by atoms with van der Waals surface area (Å²) in [7, 11) is 3.96. The molecular weight excluding hydrogens is 378 g/mol. The fourth-order valence-corrected chi connectivity index (χ4v) is 4.97. The lowest BCUT2D eigenvalue weighted by molar-refractivity contribution is -0.122. The molecule has 0 saturated carbocycles. The molecule has 0 bridgehead atoms. The Bertz CT molecular complexity index is 1240. The van der Waals surface area contributed by atoms with Gasteiger partial charge in [-0.25, -0.2) is 9.69 Å². The molecule has 2 aromatic carbocycles. The molecule has 3 amide bonds. The number of nitriles is 1. The summed E-state index contributed by atoms with van der Waals surface area (Å²) >= 11 is 0. The number of nitrogens with one attached hydrogen (secondary N) is 1. The summed E-state index contributed by atoms with van der Waals surface area (Å²) in [5.41, 5.74) is 1.92. The van der Waals surface area contributed by atoms with Crippen LogP contribution >= 0.6 is 0 Å². The fourth-order valence-electron chi connectivity index (χ4n) is 4.97. The fraction of sp³-hybridized carbons (Fsp3) is 0.261. The quantitative estimate of drug-likeness (QED) is 0.672. The number of carbonyl (C=O) groups excluding carboxylic acids is 2. The Balaban J connectivity index is 1.62. The van der Waals surface area contributed by atoms with Crippen LogP contribution in [0.1, 0.15) is 17.0 Å². The molecule has 150 valence electrons. The first-order valence-corrected chi connectivity index (χ1v) is 9.84. The lowest BCUT2D eigenvalue weighted by Gasteiger charge is -2.27. The number of anilines is 1. The summed E-state index contributed by atoms with van der Waals surface area (Å²) in [5, 5.41) is 13.3. The van der Waals surface area contributed by atoms with Crippen LogP contribution in [-0.2, 0) is 11.8 Å². The Hall–Kier alpha value is -3.63. The first kappa shape index (κ1) is 18.4. The van der Waals surface area contributed by atoms with E-state index >= 15 is 0 Å². The van der Waals surface area contributed by atoms with Gasteiger partial charge in [0.15, 0.2) is 0 Å². The Kier molecular flexibility index (Phi) is 3.95. The van der Waals surface area contributed by atoms with Gasteiger partial charge in [-0.15, -0.1) is 0 Å². The van der Waals surface area contributed by atoms with Gasteiger partial charge in [-0.05, 0) is 36.9 Å². The van der Waals surface area contributed by atoms with Gasteiger partial charge in [0, 0.05) is 43.2 Å². The number of rotatable bonds is 2. The van der Waals surface area contributed by atoms with Crippen LogP contribution in [0, 0.1) is 11.3 Å². The maximum atomic E-state index is 13.7. The molecule has 1 spiro atoms. The van der Waals surface area contributed by atoms with E-state index in [1.807, 2.05) is 26.2 Å². The van der Waals surface area contributed by atoms with Crippen molar-refractivity contribution in [2.24, 2.45) is 7.05 Å². The van der Waals surface area contributed by atoms with E-state index in [1.165, 1.54) is 4.90 Å². The molecule has 2 aliphatic rings. The predicted octanol–water partition coefficient (Wildman–Crippen LogP) is 2.57. The van der Waals surface area contributed by atoms with Crippen molar-refractivity contribution in [1.29, 1.82) is 5.26 Å². The minimum absolute atomic E-state index is 0.186. The van der Waals surface area contributed by atoms with Crippen molar-refractivity contribution in [2.75, 3.05) is 25.0 Å². The molecule has 7 nitrogen and oxygen atoms in total. The van der Waals surface area contributed by atoms with Gasteiger partial charge in [-0.1, -0.05) is 24.3 Å². The number of aromatic nitrogens is 1. The number of aryl methyl sites for hydroxylation is 1. The van der Waals surface area contributed by atoms with Crippen LogP contribution < -0.4 is 10.2 Å². The van der Waals surface area contributed by atoms with Gasteiger partial charge >= 0.3 is 6.03 Å². The second-order valence-electron chi connectivity index (χ2n) is 8.17. The minimum Gasteiger partial charge on any atom is -0.350 e. The van der Waals surface area contributed by atoms with Crippen LogP contribution in [0.5, 0.6) is 0 Å². The second kappa shape index (κ2) is 6.44. The number of urea groups is 1. The summed E-state index contributed by atoms with van der Waals surface area (Å²) < 4.78 is 2.06. The first-order chi connectivity index (χ1) is 14.4. The molecule has 3 aromatic rings. The molecule has 0 aliphatic carbocycles. The standard InChI is InChI=1S/C23H21N5O2/c1-26-13-19(18-12-27(2)20-9-4-3-8-17(18)20)23(14-26)21(29)28(22(30)25-23)16-7-5-6-15(10-16)11-24/h3-10,12,19H,13-14H2,1-2H3,(H,25,30)/t19-,23+/m1/s1. The van der Waals surface area contributed by atoms with E-state index in [0.717, 1.165) is 16.5 Å². The number of hydrogen-bond donors (Lipinski definition) is 1. The molecule has 30 heavy (non-hydrogen) atoms. The maximum Gasteiger partial charge on any atom is 0.329 e.